The second-order valence-corrected chi connectivity index (χ2v) is 13.4. The third-order valence-corrected chi connectivity index (χ3v) is 9.75. The molecule has 0 radical (unpaired) electrons. The lowest BCUT2D eigenvalue weighted by Gasteiger charge is -2.34. The zero-order chi connectivity index (χ0) is 30.3. The van der Waals surface area contributed by atoms with Crippen molar-refractivity contribution < 1.29 is 18.0 Å². The predicted molar refractivity (Wildman–Crippen MR) is 168 cm³/mol. The van der Waals surface area contributed by atoms with Gasteiger partial charge >= 0.3 is 0 Å². The number of rotatable bonds is 11. The van der Waals surface area contributed by atoms with Gasteiger partial charge < -0.3 is 10.2 Å². The zero-order valence-corrected chi connectivity index (χ0v) is 26.1. The van der Waals surface area contributed by atoms with Crippen molar-refractivity contribution in [2.75, 3.05) is 10.8 Å². The number of carbonyl (C=O) groups is 2. The van der Waals surface area contributed by atoms with E-state index >= 15 is 0 Å². The quantitative estimate of drug-likeness (QED) is 0.272. The Hall–Kier alpha value is -3.36. The van der Waals surface area contributed by atoms with Crippen molar-refractivity contribution in [3.63, 3.8) is 0 Å². The summed E-state index contributed by atoms with van der Waals surface area (Å²) >= 11 is 6.11. The van der Waals surface area contributed by atoms with Gasteiger partial charge in [0.05, 0.1) is 10.6 Å². The van der Waals surface area contributed by atoms with Crippen LogP contribution in [0.5, 0.6) is 0 Å². The minimum Gasteiger partial charge on any atom is -0.352 e. The van der Waals surface area contributed by atoms with Crippen molar-refractivity contribution in [3.05, 3.63) is 94.5 Å². The highest BCUT2D eigenvalue weighted by molar-refractivity contribution is 7.92. The molecule has 0 bridgehead atoms. The van der Waals surface area contributed by atoms with E-state index in [0.717, 1.165) is 53.1 Å². The van der Waals surface area contributed by atoms with Crippen LogP contribution in [0.25, 0.3) is 0 Å². The Kier molecular flexibility index (Phi) is 10.7. The first kappa shape index (κ1) is 31.6. The fraction of sp³-hybridized carbons (Fsp3) is 0.394. The first-order valence-corrected chi connectivity index (χ1v) is 16.4. The van der Waals surface area contributed by atoms with E-state index < -0.39 is 28.5 Å². The molecule has 3 aromatic rings. The van der Waals surface area contributed by atoms with Gasteiger partial charge in [-0.05, 0) is 86.2 Å². The molecule has 2 amide bonds. The van der Waals surface area contributed by atoms with Gasteiger partial charge in [0.25, 0.3) is 10.0 Å². The molecule has 1 atom stereocenters. The molecule has 9 heteroatoms. The molecule has 4 rings (SSSR count). The van der Waals surface area contributed by atoms with Crippen LogP contribution in [-0.4, -0.2) is 43.8 Å². The van der Waals surface area contributed by atoms with Crippen molar-refractivity contribution in [1.82, 2.24) is 10.2 Å². The number of amides is 2. The number of aryl methyl sites for hydroxylation is 2. The molecule has 224 valence electrons. The lowest BCUT2D eigenvalue weighted by molar-refractivity contribution is -0.140. The maximum Gasteiger partial charge on any atom is 0.264 e. The molecular formula is C33H40ClN3O4S. The van der Waals surface area contributed by atoms with E-state index in [4.69, 9.17) is 11.6 Å². The fourth-order valence-corrected chi connectivity index (χ4v) is 7.14. The van der Waals surface area contributed by atoms with Crippen LogP contribution in [0.2, 0.25) is 5.02 Å². The van der Waals surface area contributed by atoms with Crippen LogP contribution in [0.15, 0.2) is 77.7 Å². The zero-order valence-electron chi connectivity index (χ0n) is 24.6. The summed E-state index contributed by atoms with van der Waals surface area (Å²) in [6.45, 7) is 5.33. The SMILES string of the molecule is CCC(C(=O)NC1CCCCC1)N(Cc1ccc(Cl)cc1)C(=O)CN(c1cc(C)cc(C)c1)S(=O)(=O)c1ccccc1. The molecule has 0 saturated heterocycles. The van der Waals surface area contributed by atoms with E-state index in [1.807, 2.05) is 39.0 Å². The second kappa shape index (κ2) is 14.2. The monoisotopic (exact) mass is 609 g/mol. The summed E-state index contributed by atoms with van der Waals surface area (Å²) < 4.78 is 29.2. The highest BCUT2D eigenvalue weighted by atomic mass is 35.5. The number of sulfonamides is 1. The highest BCUT2D eigenvalue weighted by Gasteiger charge is 2.34. The molecule has 1 aliphatic carbocycles. The number of hydrogen-bond donors (Lipinski definition) is 1. The van der Waals surface area contributed by atoms with Gasteiger partial charge in [-0.25, -0.2) is 8.42 Å². The van der Waals surface area contributed by atoms with Gasteiger partial charge in [-0.1, -0.05) is 74.2 Å². The Morgan fingerprint density at radius 1 is 0.929 bits per heavy atom. The van der Waals surface area contributed by atoms with E-state index in [1.54, 1.807) is 42.5 Å². The topological polar surface area (TPSA) is 86.8 Å². The summed E-state index contributed by atoms with van der Waals surface area (Å²) in [7, 11) is -4.10. The molecule has 0 spiro atoms. The molecule has 3 aromatic carbocycles. The number of benzene rings is 3. The third kappa shape index (κ3) is 7.92. The average Bonchev–Trinajstić information content (AvgIpc) is 2.97. The summed E-state index contributed by atoms with van der Waals surface area (Å²) in [5, 5.41) is 3.73. The summed E-state index contributed by atoms with van der Waals surface area (Å²) in [6.07, 6.45) is 5.52. The number of hydrogen-bond acceptors (Lipinski definition) is 4. The summed E-state index contributed by atoms with van der Waals surface area (Å²) in [5.74, 6) is -0.676. The first-order chi connectivity index (χ1) is 20.1. The Morgan fingerprint density at radius 2 is 1.55 bits per heavy atom. The smallest absolute Gasteiger partial charge is 0.264 e. The van der Waals surface area contributed by atoms with Gasteiger partial charge in [0.15, 0.2) is 0 Å². The molecule has 1 unspecified atom stereocenters. The molecule has 42 heavy (non-hydrogen) atoms. The Bertz CT molecular complexity index is 1450. The van der Waals surface area contributed by atoms with E-state index in [1.165, 1.54) is 17.0 Å². The second-order valence-electron chi connectivity index (χ2n) is 11.1. The molecule has 0 aliphatic heterocycles. The Morgan fingerprint density at radius 3 is 2.14 bits per heavy atom. The van der Waals surface area contributed by atoms with E-state index in [-0.39, 0.29) is 23.4 Å². The normalized spacial score (nSPS) is 14.7. The van der Waals surface area contributed by atoms with E-state index in [2.05, 4.69) is 5.32 Å². The summed E-state index contributed by atoms with van der Waals surface area (Å²) in [4.78, 5) is 29.5. The standard InChI is InChI=1S/C33H40ClN3O4S/c1-4-31(33(39)35-28-11-7-5-8-12-28)36(22-26-15-17-27(34)18-16-26)32(38)23-37(29-20-24(2)19-25(3)21-29)42(40,41)30-13-9-6-10-14-30/h6,9-10,13-21,28,31H,4-5,7-8,11-12,22-23H2,1-3H3,(H,35,39). The van der Waals surface area contributed by atoms with Gasteiger partial charge in [-0.2, -0.15) is 0 Å². The summed E-state index contributed by atoms with van der Waals surface area (Å²) in [5.41, 5.74) is 2.94. The maximum absolute atomic E-state index is 14.3. The van der Waals surface area contributed by atoms with Gasteiger partial charge in [0.1, 0.15) is 12.6 Å². The van der Waals surface area contributed by atoms with Crippen LogP contribution in [-0.2, 0) is 26.2 Å². The average molecular weight is 610 g/mol. The molecule has 1 N–H and O–H groups in total. The maximum atomic E-state index is 14.3. The molecule has 1 aliphatic rings. The Balaban J connectivity index is 1.71. The lowest BCUT2D eigenvalue weighted by atomic mass is 9.95. The summed E-state index contributed by atoms with van der Waals surface area (Å²) in [6, 6.07) is 20.0. The number of carbonyl (C=O) groups excluding carboxylic acids is 2. The van der Waals surface area contributed by atoms with Crippen molar-refractivity contribution in [2.24, 2.45) is 0 Å². The van der Waals surface area contributed by atoms with Crippen LogP contribution in [0.4, 0.5) is 5.69 Å². The molecule has 1 fully saturated rings. The minimum absolute atomic E-state index is 0.0815. The van der Waals surface area contributed by atoms with Crippen molar-refractivity contribution in [2.45, 2.75) is 82.8 Å². The number of nitrogens with one attached hydrogen (secondary N) is 1. The van der Waals surface area contributed by atoms with Gasteiger partial charge in [-0.15, -0.1) is 0 Å². The van der Waals surface area contributed by atoms with E-state index in [9.17, 15) is 18.0 Å². The van der Waals surface area contributed by atoms with Crippen LogP contribution in [0, 0.1) is 13.8 Å². The van der Waals surface area contributed by atoms with Gasteiger partial charge in [0, 0.05) is 17.6 Å². The van der Waals surface area contributed by atoms with Crippen LogP contribution < -0.4 is 9.62 Å². The predicted octanol–water partition coefficient (Wildman–Crippen LogP) is 6.41. The van der Waals surface area contributed by atoms with Crippen molar-refractivity contribution in [3.8, 4) is 0 Å². The van der Waals surface area contributed by atoms with Crippen LogP contribution in [0.3, 0.4) is 0 Å². The Labute approximate surface area is 254 Å². The molecule has 1 saturated carbocycles. The first-order valence-electron chi connectivity index (χ1n) is 14.6. The largest absolute Gasteiger partial charge is 0.352 e. The fourth-order valence-electron chi connectivity index (χ4n) is 5.59. The molecule has 0 heterocycles. The van der Waals surface area contributed by atoms with Gasteiger partial charge in [-0.3, -0.25) is 13.9 Å². The third-order valence-electron chi connectivity index (χ3n) is 7.71. The number of anilines is 1. The molecular weight excluding hydrogens is 570 g/mol. The highest BCUT2D eigenvalue weighted by Crippen LogP contribution is 2.27. The number of nitrogens with zero attached hydrogens (tertiary/aromatic N) is 2. The van der Waals surface area contributed by atoms with Crippen molar-refractivity contribution in [1.29, 1.82) is 0 Å². The van der Waals surface area contributed by atoms with Crippen LogP contribution in [0.1, 0.15) is 62.1 Å². The molecule has 7 nitrogen and oxygen atoms in total. The number of halogens is 1. The minimum atomic E-state index is -4.10. The molecule has 0 aromatic heterocycles. The van der Waals surface area contributed by atoms with Crippen LogP contribution >= 0.6 is 11.6 Å². The van der Waals surface area contributed by atoms with E-state index in [0.29, 0.717) is 17.1 Å². The van der Waals surface area contributed by atoms with Crippen molar-refractivity contribution >= 4 is 39.1 Å². The lowest BCUT2D eigenvalue weighted by Crippen LogP contribution is -2.54. The van der Waals surface area contributed by atoms with Gasteiger partial charge in [0.2, 0.25) is 11.8 Å².